The number of alkyl halides is 3. The van der Waals surface area contributed by atoms with E-state index in [1.54, 1.807) is 39.0 Å². The number of nitrogens with zero attached hydrogens (tertiary/aromatic N) is 1. The number of Topliss-reactive ketones (excluding diaryl/α,β-unsaturated/α-hetero) is 1. The van der Waals surface area contributed by atoms with Crippen molar-refractivity contribution in [1.29, 1.82) is 0 Å². The molecule has 0 aromatic heterocycles. The van der Waals surface area contributed by atoms with Crippen LogP contribution in [0, 0.1) is 30.5 Å². The first kappa shape index (κ1) is 31.4. The summed E-state index contributed by atoms with van der Waals surface area (Å²) in [5.41, 5.74) is 1.41. The molecule has 1 aliphatic carbocycles. The minimum atomic E-state index is -4.56. The number of carbonyl (C=O) groups is 3. The Labute approximate surface area is 242 Å². The highest BCUT2D eigenvalue weighted by Gasteiger charge is 2.43. The monoisotopic (exact) mass is 588 g/mol. The van der Waals surface area contributed by atoms with Crippen LogP contribution in [-0.4, -0.2) is 41.3 Å². The second-order valence-corrected chi connectivity index (χ2v) is 12.2. The average Bonchev–Trinajstić information content (AvgIpc) is 3.71. The zero-order valence-corrected chi connectivity index (χ0v) is 24.2. The van der Waals surface area contributed by atoms with Crippen molar-refractivity contribution in [3.63, 3.8) is 0 Å². The van der Waals surface area contributed by atoms with Crippen LogP contribution in [0.3, 0.4) is 0 Å². The van der Waals surface area contributed by atoms with Crippen LogP contribution in [0.1, 0.15) is 75.1 Å². The summed E-state index contributed by atoms with van der Waals surface area (Å²) in [5.74, 6) is -5.31. The number of amides is 1. The molecule has 0 unspecified atom stereocenters. The highest BCUT2D eigenvalue weighted by molar-refractivity contribution is 6.16. The molecule has 2 aromatic rings. The summed E-state index contributed by atoms with van der Waals surface area (Å²) in [7, 11) is 0. The number of hydrogen-bond donors (Lipinski definition) is 1. The Hall–Kier alpha value is -3.56. The lowest BCUT2D eigenvalue weighted by Gasteiger charge is -2.29. The molecule has 1 N–H and O–H groups in total. The molecule has 2 aromatic carbocycles. The first-order valence-electron chi connectivity index (χ1n) is 14.2. The molecule has 1 aliphatic heterocycles. The van der Waals surface area contributed by atoms with Gasteiger partial charge in [-0.1, -0.05) is 54.8 Å². The molecule has 226 valence electrons. The van der Waals surface area contributed by atoms with Crippen LogP contribution in [0.2, 0.25) is 0 Å². The summed E-state index contributed by atoms with van der Waals surface area (Å²) in [6.45, 7) is 6.83. The second kappa shape index (κ2) is 12.4. The molecule has 1 fully saturated rings. The minimum Gasteiger partial charge on any atom is -0.460 e. The van der Waals surface area contributed by atoms with Crippen LogP contribution in [0.5, 0.6) is 0 Å². The van der Waals surface area contributed by atoms with Gasteiger partial charge in [0.05, 0.1) is 17.5 Å². The number of benzene rings is 2. The van der Waals surface area contributed by atoms with Crippen molar-refractivity contribution in [2.24, 2.45) is 22.7 Å². The summed E-state index contributed by atoms with van der Waals surface area (Å²) < 4.78 is 60.5. The van der Waals surface area contributed by atoms with E-state index >= 15 is 0 Å². The molecule has 0 radical (unpaired) electrons. The van der Waals surface area contributed by atoms with Crippen LogP contribution in [0.25, 0.3) is 0 Å². The molecule has 1 amide bonds. The number of fused-ring (bicyclic) bond motifs is 1. The van der Waals surface area contributed by atoms with Crippen molar-refractivity contribution in [2.45, 2.75) is 84.2 Å². The third-order valence-electron chi connectivity index (χ3n) is 7.45. The lowest BCUT2D eigenvalue weighted by molar-refractivity contribution is -0.167. The van der Waals surface area contributed by atoms with E-state index in [4.69, 9.17) is 4.74 Å². The predicted molar refractivity (Wildman–Crippen MR) is 149 cm³/mol. The van der Waals surface area contributed by atoms with Crippen LogP contribution in [0.4, 0.5) is 17.6 Å². The van der Waals surface area contributed by atoms with Gasteiger partial charge in [0, 0.05) is 29.5 Å². The molecule has 3 atom stereocenters. The van der Waals surface area contributed by atoms with Gasteiger partial charge >= 0.3 is 12.1 Å². The average molecular weight is 589 g/mol. The van der Waals surface area contributed by atoms with Crippen molar-refractivity contribution in [2.75, 3.05) is 0 Å². The number of ether oxygens (including phenoxy) is 1. The topological polar surface area (TPSA) is 84.8 Å². The highest BCUT2D eigenvalue weighted by atomic mass is 19.4. The van der Waals surface area contributed by atoms with Gasteiger partial charge < -0.3 is 10.1 Å². The van der Waals surface area contributed by atoms with Crippen molar-refractivity contribution < 1.29 is 36.7 Å². The summed E-state index contributed by atoms with van der Waals surface area (Å²) in [4.78, 5) is 44.9. The summed E-state index contributed by atoms with van der Waals surface area (Å²) in [5, 5.41) is 2.53. The molecule has 10 heteroatoms. The molecule has 42 heavy (non-hydrogen) atoms. The number of nitrogens with one attached hydrogen (secondary N) is 1. The molecule has 0 spiro atoms. The van der Waals surface area contributed by atoms with Gasteiger partial charge in [-0.05, 0) is 52.5 Å². The lowest BCUT2D eigenvalue weighted by Crippen LogP contribution is -2.47. The van der Waals surface area contributed by atoms with E-state index in [0.29, 0.717) is 11.1 Å². The smallest absolute Gasteiger partial charge is 0.389 e. The maximum atomic E-state index is 14.9. The number of carbonyl (C=O) groups excluding carboxylic acids is 3. The summed E-state index contributed by atoms with van der Waals surface area (Å²) >= 11 is 0. The second-order valence-electron chi connectivity index (χ2n) is 12.2. The van der Waals surface area contributed by atoms with Gasteiger partial charge in [-0.25, -0.2) is 4.39 Å². The van der Waals surface area contributed by atoms with Crippen molar-refractivity contribution in [3.8, 4) is 0 Å². The lowest BCUT2D eigenvalue weighted by atomic mass is 9.83. The van der Waals surface area contributed by atoms with Gasteiger partial charge in [-0.3, -0.25) is 19.4 Å². The van der Waals surface area contributed by atoms with E-state index in [1.165, 1.54) is 12.1 Å². The number of aliphatic imine (C=N–C) groups is 1. The normalized spacial score (nSPS) is 18.8. The number of halogens is 4. The number of aryl methyl sites for hydroxylation is 1. The zero-order chi connectivity index (χ0) is 30.8. The third kappa shape index (κ3) is 8.26. The first-order valence-corrected chi connectivity index (χ1v) is 14.2. The van der Waals surface area contributed by atoms with Crippen molar-refractivity contribution in [1.82, 2.24) is 5.32 Å². The molecular weight excluding hydrogens is 552 g/mol. The van der Waals surface area contributed by atoms with Crippen LogP contribution >= 0.6 is 0 Å². The molecule has 0 saturated heterocycles. The van der Waals surface area contributed by atoms with Crippen molar-refractivity contribution in [3.05, 3.63) is 70.5 Å². The van der Waals surface area contributed by atoms with Gasteiger partial charge in [0.15, 0.2) is 11.9 Å². The van der Waals surface area contributed by atoms with Crippen LogP contribution < -0.4 is 5.32 Å². The predicted octanol–water partition coefficient (Wildman–Crippen LogP) is 6.26. The maximum Gasteiger partial charge on any atom is 0.389 e. The molecule has 1 saturated carbocycles. The molecule has 6 nitrogen and oxygen atoms in total. The first-order chi connectivity index (χ1) is 19.6. The summed E-state index contributed by atoms with van der Waals surface area (Å²) in [6, 6.07) is 11.5. The Kier molecular flexibility index (Phi) is 9.23. The fourth-order valence-electron chi connectivity index (χ4n) is 5.15. The SMILES string of the molecule is Cc1ccc(C2=N[C@@H](NC(=O)[C@H](CCC(F)(F)F)[C@H](CC3CC3)C(=O)OC(C)(C)C)C(=O)Cc3c(F)cccc32)cc1. The summed E-state index contributed by atoms with van der Waals surface area (Å²) in [6.07, 6.45) is -6.56. The third-order valence-corrected chi connectivity index (χ3v) is 7.45. The fraction of sp³-hybridized carbons (Fsp3) is 0.500. The molecule has 1 heterocycles. The standard InChI is InChI=1S/C32H36F4N2O4/c1-18-8-12-20(13-9-18)27-21-6-5-7-25(33)23(21)17-26(39)28(37-27)38-29(40)22(14-15-32(34,35)36)24(16-19-10-11-19)30(41)42-31(2,3)4/h5-9,12-13,19,22,24,28H,10-11,14-17H2,1-4H3,(H,38,40)/t22-,24+,28+/m1/s1. The van der Waals surface area contributed by atoms with E-state index in [9.17, 15) is 31.9 Å². The Morgan fingerprint density at radius 2 is 1.71 bits per heavy atom. The Bertz CT molecular complexity index is 1360. The Balaban J connectivity index is 1.70. The van der Waals surface area contributed by atoms with E-state index in [-0.39, 0.29) is 30.0 Å². The van der Waals surface area contributed by atoms with Gasteiger partial charge in [0.2, 0.25) is 5.91 Å². The minimum absolute atomic E-state index is 0.104. The van der Waals surface area contributed by atoms with Gasteiger partial charge in [0.1, 0.15) is 11.4 Å². The van der Waals surface area contributed by atoms with Crippen LogP contribution in [0.15, 0.2) is 47.5 Å². The number of hydrogen-bond acceptors (Lipinski definition) is 5. The van der Waals surface area contributed by atoms with Gasteiger partial charge in [-0.15, -0.1) is 0 Å². The zero-order valence-electron chi connectivity index (χ0n) is 24.2. The number of ketones is 1. The van der Waals surface area contributed by atoms with E-state index in [1.807, 2.05) is 19.1 Å². The van der Waals surface area contributed by atoms with E-state index in [0.717, 1.165) is 18.4 Å². The quantitative estimate of drug-likeness (QED) is 0.277. The highest BCUT2D eigenvalue weighted by Crippen LogP contribution is 2.40. The van der Waals surface area contributed by atoms with Gasteiger partial charge in [0.25, 0.3) is 0 Å². The number of esters is 1. The molecule has 2 aliphatic rings. The molecular formula is C32H36F4N2O4. The molecule has 4 rings (SSSR count). The number of rotatable bonds is 9. The van der Waals surface area contributed by atoms with Crippen LogP contribution in [-0.2, 0) is 25.5 Å². The van der Waals surface area contributed by atoms with E-state index in [2.05, 4.69) is 10.3 Å². The van der Waals surface area contributed by atoms with Crippen molar-refractivity contribution >= 4 is 23.4 Å². The largest absolute Gasteiger partial charge is 0.460 e. The van der Waals surface area contributed by atoms with Gasteiger partial charge in [-0.2, -0.15) is 13.2 Å². The van der Waals surface area contributed by atoms with E-state index < -0.39 is 66.1 Å². The molecule has 0 bridgehead atoms. The Morgan fingerprint density at radius 1 is 1.05 bits per heavy atom. The maximum absolute atomic E-state index is 14.9. The fourth-order valence-corrected chi connectivity index (χ4v) is 5.15. The Morgan fingerprint density at radius 3 is 2.31 bits per heavy atom.